The average molecular weight is 466 g/mol. The molecule has 184 valence electrons. The van der Waals surface area contributed by atoms with Crippen LogP contribution in [-0.4, -0.2) is 46.4 Å². The zero-order valence-electron chi connectivity index (χ0n) is 20.4. The number of hydrogen-bond acceptors (Lipinski definition) is 4. The number of nitrogens with zero attached hydrogens (tertiary/aromatic N) is 1. The second-order valence-corrected chi connectivity index (χ2v) is 10.1. The van der Waals surface area contributed by atoms with Gasteiger partial charge in [0, 0.05) is 19.5 Å². The summed E-state index contributed by atoms with van der Waals surface area (Å²) in [5.74, 6) is 1.43. The molecule has 0 heterocycles. The Labute approximate surface area is 203 Å². The Bertz CT molecular complexity index is 921. The van der Waals surface area contributed by atoms with Crippen LogP contribution in [0.3, 0.4) is 0 Å². The third kappa shape index (κ3) is 6.39. The van der Waals surface area contributed by atoms with Crippen molar-refractivity contribution in [3.63, 3.8) is 0 Å². The van der Waals surface area contributed by atoms with Gasteiger partial charge in [-0.15, -0.1) is 0 Å². The van der Waals surface area contributed by atoms with Crippen molar-refractivity contribution in [1.82, 2.24) is 4.90 Å². The van der Waals surface area contributed by atoms with Crippen LogP contribution in [0.2, 0.25) is 0 Å². The van der Waals surface area contributed by atoms with Gasteiger partial charge in [0.15, 0.2) is 0 Å². The van der Waals surface area contributed by atoms with Crippen LogP contribution in [0, 0.1) is 5.92 Å². The highest BCUT2D eigenvalue weighted by molar-refractivity contribution is 5.77. The number of ether oxygens (including phenoxy) is 1. The molecule has 3 atom stereocenters. The maximum Gasteiger partial charge on any atom is 0.223 e. The number of benzene rings is 2. The molecule has 1 amide bonds. The van der Waals surface area contributed by atoms with Gasteiger partial charge in [-0.05, 0) is 79.2 Å². The highest BCUT2D eigenvalue weighted by Gasteiger charge is 2.34. The molecule has 1 fully saturated rings. The lowest BCUT2D eigenvalue weighted by Gasteiger charge is -2.30. The Morgan fingerprint density at radius 3 is 2.59 bits per heavy atom. The molecule has 0 aliphatic heterocycles. The van der Waals surface area contributed by atoms with E-state index < -0.39 is 12.2 Å². The van der Waals surface area contributed by atoms with Gasteiger partial charge in [0.05, 0.1) is 18.8 Å². The second kappa shape index (κ2) is 11.9. The van der Waals surface area contributed by atoms with Crippen LogP contribution < -0.4 is 4.74 Å². The zero-order chi connectivity index (χ0) is 23.9. The van der Waals surface area contributed by atoms with E-state index in [4.69, 9.17) is 4.74 Å². The molecule has 3 unspecified atom stereocenters. The van der Waals surface area contributed by atoms with E-state index in [1.165, 1.54) is 11.1 Å². The monoisotopic (exact) mass is 465 g/mol. The molecule has 0 aromatic heterocycles. The minimum atomic E-state index is -0.683. The molecule has 4 rings (SSSR count). The lowest BCUT2D eigenvalue weighted by atomic mass is 9.80. The highest BCUT2D eigenvalue weighted by Crippen LogP contribution is 2.37. The average Bonchev–Trinajstić information content (AvgIpc) is 3.16. The number of carbonyl (C=O) groups excluding carboxylic acids is 1. The minimum Gasteiger partial charge on any atom is -0.494 e. The molecule has 2 aliphatic carbocycles. The van der Waals surface area contributed by atoms with E-state index >= 15 is 0 Å². The van der Waals surface area contributed by atoms with Gasteiger partial charge in [0.1, 0.15) is 5.75 Å². The van der Waals surface area contributed by atoms with Gasteiger partial charge in [-0.25, -0.2) is 0 Å². The number of aliphatic hydroxyl groups excluding tert-OH is 2. The summed E-state index contributed by atoms with van der Waals surface area (Å²) in [7, 11) is 0. The van der Waals surface area contributed by atoms with E-state index in [2.05, 4.69) is 37.3 Å². The third-order valence-electron chi connectivity index (χ3n) is 7.38. The number of unbranched alkanes of at least 4 members (excludes halogenated alkanes) is 1. The van der Waals surface area contributed by atoms with Crippen molar-refractivity contribution in [3.8, 4) is 5.75 Å². The number of hydrogen-bond donors (Lipinski definition) is 2. The molecule has 0 saturated heterocycles. The summed E-state index contributed by atoms with van der Waals surface area (Å²) in [6.45, 7) is 4.05. The molecule has 0 bridgehead atoms. The summed E-state index contributed by atoms with van der Waals surface area (Å²) in [6.07, 6.45) is 5.55. The Morgan fingerprint density at radius 1 is 1.09 bits per heavy atom. The van der Waals surface area contributed by atoms with E-state index in [-0.39, 0.29) is 17.7 Å². The van der Waals surface area contributed by atoms with Crippen LogP contribution in [0.1, 0.15) is 74.5 Å². The van der Waals surface area contributed by atoms with E-state index in [0.29, 0.717) is 32.4 Å². The summed E-state index contributed by atoms with van der Waals surface area (Å²) < 4.78 is 5.91. The maximum atomic E-state index is 13.6. The first-order valence-corrected chi connectivity index (χ1v) is 13.0. The molecular weight excluding hydrogens is 426 g/mol. The van der Waals surface area contributed by atoms with E-state index in [1.807, 2.05) is 23.1 Å². The summed E-state index contributed by atoms with van der Waals surface area (Å²) in [6, 6.07) is 16.5. The standard InChI is InChI=1S/C29H39NO4/c1-2-3-14-34-25-12-13-26-23(17-25)10-7-11-24(26)18-29(33)30(19-21-8-5-4-6-9-21)20-22-15-27(31)28(32)16-22/h4-6,8-9,12-13,17,22,24,27-28,31-32H,2-3,7,10-11,14-16,18-20H2,1H3. The predicted molar refractivity (Wildman–Crippen MR) is 134 cm³/mol. The lowest BCUT2D eigenvalue weighted by Crippen LogP contribution is -2.35. The van der Waals surface area contributed by atoms with Crippen molar-refractivity contribution in [2.75, 3.05) is 13.2 Å². The van der Waals surface area contributed by atoms with Gasteiger partial charge < -0.3 is 19.8 Å². The van der Waals surface area contributed by atoms with Gasteiger partial charge in [0.2, 0.25) is 5.91 Å². The number of rotatable bonds is 10. The van der Waals surface area contributed by atoms with Crippen LogP contribution in [0.5, 0.6) is 5.75 Å². The quantitative estimate of drug-likeness (QED) is 0.493. The molecule has 1 saturated carbocycles. The summed E-state index contributed by atoms with van der Waals surface area (Å²) in [5.41, 5.74) is 3.70. The van der Waals surface area contributed by atoms with Gasteiger partial charge in [-0.2, -0.15) is 0 Å². The van der Waals surface area contributed by atoms with E-state index in [1.54, 1.807) is 0 Å². The van der Waals surface area contributed by atoms with E-state index in [9.17, 15) is 15.0 Å². The largest absolute Gasteiger partial charge is 0.494 e. The fourth-order valence-corrected chi connectivity index (χ4v) is 5.48. The molecule has 0 spiro atoms. The Kier molecular flexibility index (Phi) is 8.63. The molecule has 2 aromatic rings. The Hall–Kier alpha value is -2.37. The molecule has 34 heavy (non-hydrogen) atoms. The molecule has 2 aromatic carbocycles. The molecule has 2 aliphatic rings. The van der Waals surface area contributed by atoms with Crippen LogP contribution in [0.25, 0.3) is 0 Å². The molecule has 5 nitrogen and oxygen atoms in total. The molecule has 0 radical (unpaired) electrons. The smallest absolute Gasteiger partial charge is 0.223 e. The molecule has 2 N–H and O–H groups in total. The number of amides is 1. The van der Waals surface area contributed by atoms with E-state index in [0.717, 1.165) is 50.0 Å². The van der Waals surface area contributed by atoms with Crippen molar-refractivity contribution < 1.29 is 19.7 Å². The summed E-state index contributed by atoms with van der Waals surface area (Å²) in [5, 5.41) is 20.0. The first kappa shape index (κ1) is 24.7. The first-order chi connectivity index (χ1) is 16.5. The van der Waals surface area contributed by atoms with Gasteiger partial charge in [-0.1, -0.05) is 49.7 Å². The molecule has 5 heteroatoms. The van der Waals surface area contributed by atoms with Crippen LogP contribution in [0.4, 0.5) is 0 Å². The van der Waals surface area contributed by atoms with Crippen LogP contribution in [-0.2, 0) is 17.8 Å². The van der Waals surface area contributed by atoms with Crippen molar-refractivity contribution in [1.29, 1.82) is 0 Å². The summed E-state index contributed by atoms with van der Waals surface area (Å²) in [4.78, 5) is 15.5. The van der Waals surface area contributed by atoms with Crippen molar-refractivity contribution >= 4 is 5.91 Å². The fraction of sp³-hybridized carbons (Fsp3) is 0.552. The maximum absolute atomic E-state index is 13.6. The lowest BCUT2D eigenvalue weighted by molar-refractivity contribution is -0.133. The number of aliphatic hydroxyl groups is 2. The fourth-order valence-electron chi connectivity index (χ4n) is 5.48. The van der Waals surface area contributed by atoms with Gasteiger partial charge in [-0.3, -0.25) is 4.79 Å². The van der Waals surface area contributed by atoms with Crippen molar-refractivity contribution in [2.45, 2.75) is 83.0 Å². The predicted octanol–water partition coefficient (Wildman–Crippen LogP) is 4.84. The van der Waals surface area contributed by atoms with Crippen LogP contribution in [0.15, 0.2) is 48.5 Å². The normalized spacial score (nSPS) is 24.0. The molecular formula is C29H39NO4. The van der Waals surface area contributed by atoms with Gasteiger partial charge in [0.25, 0.3) is 0 Å². The van der Waals surface area contributed by atoms with Gasteiger partial charge >= 0.3 is 0 Å². The summed E-state index contributed by atoms with van der Waals surface area (Å²) >= 11 is 0. The zero-order valence-corrected chi connectivity index (χ0v) is 20.4. The second-order valence-electron chi connectivity index (χ2n) is 10.1. The van der Waals surface area contributed by atoms with Crippen molar-refractivity contribution in [3.05, 3.63) is 65.2 Å². The number of carbonyl (C=O) groups is 1. The van der Waals surface area contributed by atoms with Crippen molar-refractivity contribution in [2.24, 2.45) is 5.92 Å². The topological polar surface area (TPSA) is 70.0 Å². The van der Waals surface area contributed by atoms with Crippen LogP contribution >= 0.6 is 0 Å². The third-order valence-corrected chi connectivity index (χ3v) is 7.38. The minimum absolute atomic E-state index is 0.124. The number of aryl methyl sites for hydroxylation is 1. The number of fused-ring (bicyclic) bond motifs is 1. The Morgan fingerprint density at radius 2 is 1.85 bits per heavy atom. The Balaban J connectivity index is 1.45. The highest BCUT2D eigenvalue weighted by atomic mass is 16.5. The first-order valence-electron chi connectivity index (χ1n) is 13.0. The SMILES string of the molecule is CCCCOc1ccc2c(c1)CCCC2CC(=O)N(Cc1ccccc1)CC1CC(O)C(O)C1.